The van der Waals surface area contributed by atoms with E-state index in [1.54, 1.807) is 0 Å². The molecule has 0 unspecified atom stereocenters. The van der Waals surface area contributed by atoms with Crippen LogP contribution in [0.4, 0.5) is 0 Å². The second-order valence-corrected chi connectivity index (χ2v) is 7.55. The fourth-order valence-corrected chi connectivity index (χ4v) is 3.66. The lowest BCUT2D eigenvalue weighted by Crippen LogP contribution is -2.51. The second kappa shape index (κ2) is 9.31. The first kappa shape index (κ1) is 21.2. The average molecular weight is 398 g/mol. The molecule has 7 nitrogen and oxygen atoms in total. The van der Waals surface area contributed by atoms with Gasteiger partial charge in [-0.1, -0.05) is 13.8 Å². The summed E-state index contributed by atoms with van der Waals surface area (Å²) < 4.78 is 0. The van der Waals surface area contributed by atoms with E-state index in [1.165, 1.54) is 0 Å². The first-order valence-corrected chi connectivity index (χ1v) is 10.5. The van der Waals surface area contributed by atoms with E-state index in [1.807, 2.05) is 41.8 Å². The molecule has 0 saturated carbocycles. The molecule has 0 spiro atoms. The van der Waals surface area contributed by atoms with Crippen LogP contribution in [0.15, 0.2) is 18.2 Å². The van der Waals surface area contributed by atoms with Gasteiger partial charge in [0.25, 0.3) is 5.91 Å². The standard InChI is InChI=1S/C22H31N5O2/c1-5-25(6-2)10-9-21(28)26-11-13-27(14-12-26)22(29)18-7-8-19-20(15-18)24-17(4)16(3)23-19/h7-8,15H,5-6,9-14H2,1-4H3. The lowest BCUT2D eigenvalue weighted by Gasteiger charge is -2.35. The molecule has 0 N–H and O–H groups in total. The molecular weight excluding hydrogens is 366 g/mol. The Bertz CT molecular complexity index is 886. The van der Waals surface area contributed by atoms with Gasteiger partial charge in [0.1, 0.15) is 0 Å². The Kier molecular flexibility index (Phi) is 6.79. The lowest BCUT2D eigenvalue weighted by molar-refractivity contribution is -0.133. The van der Waals surface area contributed by atoms with Crippen LogP contribution >= 0.6 is 0 Å². The van der Waals surface area contributed by atoms with Crippen molar-refractivity contribution < 1.29 is 9.59 Å². The third-order valence-corrected chi connectivity index (χ3v) is 5.78. The maximum absolute atomic E-state index is 12.9. The number of piperazine rings is 1. The van der Waals surface area contributed by atoms with Crippen LogP contribution in [0.5, 0.6) is 0 Å². The van der Waals surface area contributed by atoms with E-state index >= 15 is 0 Å². The number of nitrogens with zero attached hydrogens (tertiary/aromatic N) is 5. The van der Waals surface area contributed by atoms with Crippen molar-refractivity contribution in [1.29, 1.82) is 0 Å². The first-order chi connectivity index (χ1) is 13.9. The first-order valence-electron chi connectivity index (χ1n) is 10.5. The quantitative estimate of drug-likeness (QED) is 0.748. The molecular formula is C22H31N5O2. The highest BCUT2D eigenvalue weighted by Gasteiger charge is 2.25. The van der Waals surface area contributed by atoms with Crippen molar-refractivity contribution in [3.63, 3.8) is 0 Å². The minimum absolute atomic E-state index is 0.0119. The molecule has 0 atom stereocenters. The van der Waals surface area contributed by atoms with E-state index in [9.17, 15) is 9.59 Å². The van der Waals surface area contributed by atoms with Crippen LogP contribution in [0.25, 0.3) is 11.0 Å². The number of amides is 2. The van der Waals surface area contributed by atoms with E-state index in [-0.39, 0.29) is 11.8 Å². The molecule has 0 bridgehead atoms. The Hall–Kier alpha value is -2.54. The fourth-order valence-electron chi connectivity index (χ4n) is 3.66. The monoisotopic (exact) mass is 397 g/mol. The van der Waals surface area contributed by atoms with Crippen molar-refractivity contribution in [2.24, 2.45) is 0 Å². The summed E-state index contributed by atoms with van der Waals surface area (Å²) in [6, 6.07) is 5.49. The highest BCUT2D eigenvalue weighted by Crippen LogP contribution is 2.17. The molecule has 1 aromatic heterocycles. The summed E-state index contributed by atoms with van der Waals surface area (Å²) >= 11 is 0. The molecule has 2 amide bonds. The maximum Gasteiger partial charge on any atom is 0.254 e. The molecule has 3 rings (SSSR count). The molecule has 29 heavy (non-hydrogen) atoms. The third kappa shape index (κ3) is 4.90. The number of carbonyl (C=O) groups is 2. The number of rotatable bonds is 6. The molecule has 1 aliphatic heterocycles. The Balaban J connectivity index is 1.59. The van der Waals surface area contributed by atoms with Crippen LogP contribution in [0.3, 0.4) is 0 Å². The van der Waals surface area contributed by atoms with Crippen LogP contribution in [0, 0.1) is 13.8 Å². The molecule has 1 fully saturated rings. The number of aromatic nitrogens is 2. The number of carbonyl (C=O) groups excluding carboxylic acids is 2. The maximum atomic E-state index is 12.9. The number of benzene rings is 1. The Morgan fingerprint density at radius 2 is 1.52 bits per heavy atom. The number of hydrogen-bond donors (Lipinski definition) is 0. The van der Waals surface area contributed by atoms with E-state index in [4.69, 9.17) is 0 Å². The van der Waals surface area contributed by atoms with Gasteiger partial charge < -0.3 is 14.7 Å². The third-order valence-electron chi connectivity index (χ3n) is 5.78. The van der Waals surface area contributed by atoms with Gasteiger partial charge in [-0.25, -0.2) is 9.97 Å². The lowest BCUT2D eigenvalue weighted by atomic mass is 10.1. The summed E-state index contributed by atoms with van der Waals surface area (Å²) in [5.74, 6) is 0.165. The molecule has 1 aliphatic rings. The number of aryl methyl sites for hydroxylation is 2. The Morgan fingerprint density at radius 3 is 2.14 bits per heavy atom. The predicted molar refractivity (Wildman–Crippen MR) is 114 cm³/mol. The van der Waals surface area contributed by atoms with Gasteiger partial charge in [0.15, 0.2) is 0 Å². The molecule has 7 heteroatoms. The highest BCUT2D eigenvalue weighted by molar-refractivity contribution is 5.97. The van der Waals surface area contributed by atoms with Crippen molar-refractivity contribution in [2.45, 2.75) is 34.1 Å². The van der Waals surface area contributed by atoms with Gasteiger partial charge in [-0.15, -0.1) is 0 Å². The SMILES string of the molecule is CCN(CC)CCC(=O)N1CCN(C(=O)c2ccc3nc(C)c(C)nc3c2)CC1. The van der Waals surface area contributed by atoms with Crippen LogP contribution in [0.2, 0.25) is 0 Å². The number of hydrogen-bond acceptors (Lipinski definition) is 5. The van der Waals surface area contributed by atoms with Gasteiger partial charge in [-0.3, -0.25) is 9.59 Å². The Morgan fingerprint density at radius 1 is 0.931 bits per heavy atom. The van der Waals surface area contributed by atoms with Crippen molar-refractivity contribution >= 4 is 22.8 Å². The second-order valence-electron chi connectivity index (χ2n) is 7.55. The van der Waals surface area contributed by atoms with Gasteiger partial charge in [-0.2, -0.15) is 0 Å². The summed E-state index contributed by atoms with van der Waals surface area (Å²) in [5.41, 5.74) is 3.94. The van der Waals surface area contributed by atoms with Gasteiger partial charge in [-0.05, 0) is 45.1 Å². The van der Waals surface area contributed by atoms with E-state index < -0.39 is 0 Å². The minimum atomic E-state index is -0.0119. The summed E-state index contributed by atoms with van der Waals surface area (Å²) in [6.45, 7) is 13.1. The molecule has 156 valence electrons. The predicted octanol–water partition coefficient (Wildman–Crippen LogP) is 2.26. The molecule has 1 aromatic carbocycles. The van der Waals surface area contributed by atoms with Crippen LogP contribution in [0.1, 0.15) is 42.0 Å². The summed E-state index contributed by atoms with van der Waals surface area (Å²) in [6.07, 6.45) is 0.539. The van der Waals surface area contributed by atoms with Crippen LogP contribution < -0.4 is 0 Å². The minimum Gasteiger partial charge on any atom is -0.339 e. The van der Waals surface area contributed by atoms with Crippen molar-refractivity contribution in [2.75, 3.05) is 45.8 Å². The smallest absolute Gasteiger partial charge is 0.254 e. The summed E-state index contributed by atoms with van der Waals surface area (Å²) in [5, 5.41) is 0. The van der Waals surface area contributed by atoms with Gasteiger partial charge in [0.05, 0.1) is 22.4 Å². The molecule has 0 radical (unpaired) electrons. The zero-order valence-electron chi connectivity index (χ0n) is 17.9. The van der Waals surface area contributed by atoms with Gasteiger partial charge in [0.2, 0.25) is 5.91 Å². The topological polar surface area (TPSA) is 69.6 Å². The molecule has 1 saturated heterocycles. The van der Waals surface area contributed by atoms with Crippen molar-refractivity contribution in [1.82, 2.24) is 24.7 Å². The van der Waals surface area contributed by atoms with E-state index in [0.717, 1.165) is 42.1 Å². The summed E-state index contributed by atoms with van der Waals surface area (Å²) in [7, 11) is 0. The molecule has 2 aromatic rings. The van der Waals surface area contributed by atoms with Crippen molar-refractivity contribution in [3.8, 4) is 0 Å². The normalized spacial score (nSPS) is 14.7. The highest BCUT2D eigenvalue weighted by atomic mass is 16.2. The van der Waals surface area contributed by atoms with E-state index in [0.29, 0.717) is 38.2 Å². The van der Waals surface area contributed by atoms with E-state index in [2.05, 4.69) is 28.7 Å². The fraction of sp³-hybridized carbons (Fsp3) is 0.545. The van der Waals surface area contributed by atoms with Gasteiger partial charge >= 0.3 is 0 Å². The van der Waals surface area contributed by atoms with Crippen molar-refractivity contribution in [3.05, 3.63) is 35.2 Å². The summed E-state index contributed by atoms with van der Waals surface area (Å²) in [4.78, 5) is 40.4. The molecule has 0 aliphatic carbocycles. The Labute approximate surface area is 172 Å². The van der Waals surface area contributed by atoms with Crippen LogP contribution in [-0.2, 0) is 4.79 Å². The zero-order valence-corrected chi connectivity index (χ0v) is 17.9. The van der Waals surface area contributed by atoms with Gasteiger partial charge in [0, 0.05) is 44.7 Å². The average Bonchev–Trinajstić information content (AvgIpc) is 2.74. The largest absolute Gasteiger partial charge is 0.339 e. The molecule has 2 heterocycles. The number of fused-ring (bicyclic) bond motifs is 1. The van der Waals surface area contributed by atoms with Crippen LogP contribution in [-0.4, -0.2) is 82.3 Å². The zero-order chi connectivity index (χ0) is 21.0.